The second-order valence-corrected chi connectivity index (χ2v) is 5.97. The Kier molecular flexibility index (Phi) is 5.82. The lowest BCUT2D eigenvalue weighted by Crippen LogP contribution is -2.72. The van der Waals surface area contributed by atoms with Crippen LogP contribution in [0.15, 0.2) is 30.3 Å². The molecular formula is C14H12F6N4O2S. The number of benzene rings is 1. The summed E-state index contributed by atoms with van der Waals surface area (Å²) in [5.74, 6) is 0. The number of hydrogen-bond acceptors (Lipinski definition) is 6. The molecule has 0 aliphatic heterocycles. The highest BCUT2D eigenvalue weighted by atomic mass is 32.1. The van der Waals surface area contributed by atoms with E-state index in [1.807, 2.05) is 0 Å². The number of carbonyl (C=O) groups excluding carboxylic acids is 1. The minimum absolute atomic E-state index is 0.0903. The Labute approximate surface area is 152 Å². The van der Waals surface area contributed by atoms with Crippen LogP contribution in [-0.4, -0.2) is 40.9 Å². The van der Waals surface area contributed by atoms with Crippen LogP contribution in [0.2, 0.25) is 0 Å². The van der Waals surface area contributed by atoms with Crippen molar-refractivity contribution < 1.29 is 35.9 Å². The number of nitrogens with one attached hydrogen (secondary N) is 2. The minimum Gasteiger partial charge on any atom is -0.450 e. The van der Waals surface area contributed by atoms with Crippen molar-refractivity contribution in [3.8, 4) is 10.6 Å². The van der Waals surface area contributed by atoms with Crippen LogP contribution in [0.3, 0.4) is 0 Å². The lowest BCUT2D eigenvalue weighted by Gasteiger charge is -2.37. The van der Waals surface area contributed by atoms with E-state index in [1.54, 1.807) is 30.3 Å². The molecule has 0 fully saturated rings. The average molecular weight is 414 g/mol. The van der Waals surface area contributed by atoms with Crippen LogP contribution in [0.4, 0.5) is 36.3 Å². The van der Waals surface area contributed by atoms with E-state index in [-0.39, 0.29) is 5.01 Å². The van der Waals surface area contributed by atoms with Gasteiger partial charge in [-0.05, 0) is 6.92 Å². The van der Waals surface area contributed by atoms with E-state index in [4.69, 9.17) is 0 Å². The molecule has 0 atom stereocenters. The van der Waals surface area contributed by atoms with Gasteiger partial charge in [-0.25, -0.2) is 4.79 Å². The lowest BCUT2D eigenvalue weighted by atomic mass is 10.1. The zero-order valence-corrected chi connectivity index (χ0v) is 14.3. The van der Waals surface area contributed by atoms with Gasteiger partial charge in [0, 0.05) is 5.56 Å². The predicted octanol–water partition coefficient (Wildman–Crippen LogP) is 4.18. The summed E-state index contributed by atoms with van der Waals surface area (Å²) in [6.45, 7) is 0.807. The van der Waals surface area contributed by atoms with E-state index in [1.165, 1.54) is 12.2 Å². The van der Waals surface area contributed by atoms with Gasteiger partial charge in [-0.15, -0.1) is 10.2 Å². The van der Waals surface area contributed by atoms with Gasteiger partial charge in [0.25, 0.3) is 0 Å². The third kappa shape index (κ3) is 4.40. The van der Waals surface area contributed by atoms with Crippen molar-refractivity contribution in [2.75, 3.05) is 11.9 Å². The summed E-state index contributed by atoms with van der Waals surface area (Å²) < 4.78 is 84.5. The number of aromatic nitrogens is 2. The highest BCUT2D eigenvalue weighted by molar-refractivity contribution is 7.18. The van der Waals surface area contributed by atoms with Crippen molar-refractivity contribution >= 4 is 22.6 Å². The quantitative estimate of drug-likeness (QED) is 0.567. The second kappa shape index (κ2) is 7.58. The molecule has 1 aromatic carbocycles. The molecule has 0 saturated carbocycles. The van der Waals surface area contributed by atoms with E-state index in [0.29, 0.717) is 16.9 Å². The smallest absolute Gasteiger partial charge is 0.439 e. The van der Waals surface area contributed by atoms with Gasteiger partial charge in [0.15, 0.2) is 0 Å². The first-order chi connectivity index (χ1) is 12.5. The molecule has 2 aromatic rings. The molecule has 0 unspecified atom stereocenters. The maximum absolute atomic E-state index is 13.4. The Balaban J connectivity index is 2.42. The number of amides is 1. The maximum Gasteiger partial charge on any atom is 0.439 e. The monoisotopic (exact) mass is 414 g/mol. The molecule has 1 amide bonds. The van der Waals surface area contributed by atoms with Crippen molar-refractivity contribution in [2.24, 2.45) is 0 Å². The molecule has 0 bridgehead atoms. The number of alkyl carbamates (subject to hydrolysis) is 1. The first-order valence-corrected chi connectivity index (χ1v) is 8.07. The summed E-state index contributed by atoms with van der Waals surface area (Å²) in [6, 6.07) is 8.01. The van der Waals surface area contributed by atoms with Crippen LogP contribution in [0.25, 0.3) is 10.6 Å². The number of carbonyl (C=O) groups is 1. The molecule has 0 spiro atoms. The molecule has 13 heteroatoms. The van der Waals surface area contributed by atoms with Gasteiger partial charge in [0.2, 0.25) is 5.13 Å². The Morgan fingerprint density at radius 3 is 2.19 bits per heavy atom. The van der Waals surface area contributed by atoms with Crippen LogP contribution >= 0.6 is 11.3 Å². The van der Waals surface area contributed by atoms with Crippen molar-refractivity contribution in [2.45, 2.75) is 24.9 Å². The van der Waals surface area contributed by atoms with Gasteiger partial charge in [-0.2, -0.15) is 26.3 Å². The number of rotatable bonds is 5. The van der Waals surface area contributed by atoms with Gasteiger partial charge >= 0.3 is 24.1 Å². The van der Waals surface area contributed by atoms with Crippen molar-refractivity contribution in [3.63, 3.8) is 0 Å². The molecular weight excluding hydrogens is 402 g/mol. The maximum atomic E-state index is 13.4. The van der Waals surface area contributed by atoms with Crippen molar-refractivity contribution in [3.05, 3.63) is 30.3 Å². The average Bonchev–Trinajstić information content (AvgIpc) is 3.01. The molecule has 1 heterocycles. The number of anilines is 1. The second-order valence-electron chi connectivity index (χ2n) is 4.99. The lowest BCUT2D eigenvalue weighted by molar-refractivity contribution is -0.294. The number of ether oxygens (including phenoxy) is 1. The van der Waals surface area contributed by atoms with E-state index < -0.39 is 35.8 Å². The highest BCUT2D eigenvalue weighted by Crippen LogP contribution is 2.44. The summed E-state index contributed by atoms with van der Waals surface area (Å²) in [7, 11) is 0. The van der Waals surface area contributed by atoms with Crippen LogP contribution in [-0.2, 0) is 4.74 Å². The molecule has 2 N–H and O–H groups in total. The predicted molar refractivity (Wildman–Crippen MR) is 84.0 cm³/mol. The Hall–Kier alpha value is -2.57. The third-order valence-corrected chi connectivity index (χ3v) is 4.04. The fourth-order valence-corrected chi connectivity index (χ4v) is 2.73. The van der Waals surface area contributed by atoms with Crippen molar-refractivity contribution in [1.82, 2.24) is 15.5 Å². The van der Waals surface area contributed by atoms with Crippen LogP contribution in [0.5, 0.6) is 0 Å². The topological polar surface area (TPSA) is 76.1 Å². The number of alkyl halides is 6. The Morgan fingerprint density at radius 1 is 1.07 bits per heavy atom. The van der Waals surface area contributed by atoms with Gasteiger partial charge in [-0.1, -0.05) is 41.7 Å². The van der Waals surface area contributed by atoms with E-state index >= 15 is 0 Å². The zero-order valence-electron chi connectivity index (χ0n) is 13.5. The first-order valence-electron chi connectivity index (χ1n) is 7.25. The molecule has 0 aliphatic rings. The molecule has 27 heavy (non-hydrogen) atoms. The summed E-state index contributed by atoms with van der Waals surface area (Å²) in [6.07, 6.45) is -13.8. The van der Waals surface area contributed by atoms with Gasteiger partial charge in [0.1, 0.15) is 5.01 Å². The summed E-state index contributed by atoms with van der Waals surface area (Å²) in [5, 5.41) is 8.26. The van der Waals surface area contributed by atoms with Gasteiger partial charge < -0.3 is 10.1 Å². The van der Waals surface area contributed by atoms with E-state index in [2.05, 4.69) is 14.9 Å². The molecule has 0 aliphatic carbocycles. The van der Waals surface area contributed by atoms with E-state index in [0.717, 1.165) is 5.32 Å². The molecule has 1 aromatic heterocycles. The fraction of sp³-hybridized carbons (Fsp3) is 0.357. The molecule has 0 saturated heterocycles. The Bertz CT molecular complexity index is 764. The van der Waals surface area contributed by atoms with Gasteiger partial charge in [0.05, 0.1) is 6.61 Å². The Morgan fingerprint density at radius 2 is 1.67 bits per heavy atom. The summed E-state index contributed by atoms with van der Waals surface area (Å²) >= 11 is 0.460. The van der Waals surface area contributed by atoms with Crippen molar-refractivity contribution in [1.29, 1.82) is 0 Å². The SMILES string of the molecule is CCOC(=O)NC(Nc1nnc(-c2ccccc2)s1)(C(F)(F)F)C(F)(F)F. The van der Waals surface area contributed by atoms with Crippen LogP contribution < -0.4 is 10.6 Å². The summed E-state index contributed by atoms with van der Waals surface area (Å²) in [5.41, 5.74) is -4.36. The number of nitrogens with zero attached hydrogens (tertiary/aromatic N) is 2. The first kappa shape index (κ1) is 20.7. The van der Waals surface area contributed by atoms with Crippen LogP contribution in [0, 0.1) is 0 Å². The zero-order chi connectivity index (χ0) is 20.3. The standard InChI is InChI=1S/C14H12F6N4O2S/c1-2-26-11(25)22-12(13(15,16)17,14(18,19)20)21-10-24-23-9(27-10)8-6-4-3-5-7-8/h3-7H,2H2,1H3,(H,21,24)(H,22,25). The summed E-state index contributed by atoms with van der Waals surface area (Å²) in [4.78, 5) is 11.4. The highest BCUT2D eigenvalue weighted by Gasteiger charge is 2.73. The normalized spacial score (nSPS) is 12.6. The minimum atomic E-state index is -5.96. The molecule has 0 radical (unpaired) electrons. The number of halogens is 6. The van der Waals surface area contributed by atoms with Crippen LogP contribution in [0.1, 0.15) is 6.92 Å². The van der Waals surface area contributed by atoms with Gasteiger partial charge in [-0.3, -0.25) is 5.32 Å². The fourth-order valence-electron chi connectivity index (χ4n) is 1.93. The van der Waals surface area contributed by atoms with E-state index in [9.17, 15) is 31.1 Å². The molecule has 148 valence electrons. The number of hydrogen-bond donors (Lipinski definition) is 2. The molecule has 6 nitrogen and oxygen atoms in total. The largest absolute Gasteiger partial charge is 0.450 e. The third-order valence-electron chi connectivity index (χ3n) is 3.16. The molecule has 2 rings (SSSR count).